The molecule has 0 bridgehead atoms. The van der Waals surface area contributed by atoms with Crippen LogP contribution in [0.2, 0.25) is 0 Å². The number of hydrogen-bond acceptors (Lipinski definition) is 3. The van der Waals surface area contributed by atoms with Crippen molar-refractivity contribution in [3.05, 3.63) is 28.8 Å². The largest absolute Gasteiger partial charge is 0.491 e. The molecule has 0 aliphatic heterocycles. The Balaban J connectivity index is 2.49. The monoisotopic (exact) mass is 265 g/mol. The van der Waals surface area contributed by atoms with Gasteiger partial charge in [0, 0.05) is 6.61 Å². The van der Waals surface area contributed by atoms with E-state index in [4.69, 9.17) is 15.2 Å². The summed E-state index contributed by atoms with van der Waals surface area (Å²) in [5.41, 5.74) is 9.21. The van der Waals surface area contributed by atoms with E-state index in [0.29, 0.717) is 25.7 Å². The number of ether oxygens (including phenoxy) is 2. The smallest absolute Gasteiger partial charge is 0.125 e. The fourth-order valence-corrected chi connectivity index (χ4v) is 2.10. The van der Waals surface area contributed by atoms with E-state index in [1.807, 2.05) is 0 Å². The van der Waals surface area contributed by atoms with Crippen LogP contribution in [0, 0.1) is 19.8 Å². The summed E-state index contributed by atoms with van der Waals surface area (Å²) >= 11 is 0. The Morgan fingerprint density at radius 1 is 1.11 bits per heavy atom. The molecule has 19 heavy (non-hydrogen) atoms. The summed E-state index contributed by atoms with van der Waals surface area (Å²) in [4.78, 5) is 0. The Morgan fingerprint density at radius 2 is 1.74 bits per heavy atom. The van der Waals surface area contributed by atoms with Crippen LogP contribution in [0.5, 0.6) is 5.75 Å². The second-order valence-electron chi connectivity index (χ2n) is 5.41. The van der Waals surface area contributed by atoms with Crippen molar-refractivity contribution in [3.63, 3.8) is 0 Å². The third kappa shape index (κ3) is 5.62. The van der Waals surface area contributed by atoms with Gasteiger partial charge in [0.15, 0.2) is 0 Å². The van der Waals surface area contributed by atoms with Crippen LogP contribution < -0.4 is 10.5 Å². The molecule has 0 spiro atoms. The molecule has 0 atom stereocenters. The predicted molar refractivity (Wildman–Crippen MR) is 79.8 cm³/mol. The molecule has 0 saturated carbocycles. The number of hydrogen-bond donors (Lipinski definition) is 1. The number of benzene rings is 1. The second kappa shape index (κ2) is 8.18. The van der Waals surface area contributed by atoms with Gasteiger partial charge in [-0.1, -0.05) is 26.0 Å². The predicted octanol–water partition coefficient (Wildman–Crippen LogP) is 2.86. The van der Waals surface area contributed by atoms with Gasteiger partial charge in [0.1, 0.15) is 12.4 Å². The molecular formula is C16H27NO2. The van der Waals surface area contributed by atoms with Crippen LogP contribution in [0.1, 0.15) is 30.5 Å². The molecule has 0 amide bonds. The third-order valence-corrected chi connectivity index (χ3v) is 2.88. The van der Waals surface area contributed by atoms with Crippen molar-refractivity contribution in [2.24, 2.45) is 11.7 Å². The molecule has 0 saturated heterocycles. The molecule has 0 heterocycles. The lowest BCUT2D eigenvalue weighted by Crippen LogP contribution is -2.11. The lowest BCUT2D eigenvalue weighted by molar-refractivity contribution is 0.0815. The van der Waals surface area contributed by atoms with Gasteiger partial charge in [-0.05, 0) is 49.4 Å². The summed E-state index contributed by atoms with van der Waals surface area (Å²) in [7, 11) is 0. The SMILES string of the molecule is Cc1cc(CCN)cc(C)c1OCCOCC(C)C. The first-order chi connectivity index (χ1) is 9.04. The van der Waals surface area contributed by atoms with E-state index in [1.54, 1.807) is 0 Å². The molecule has 1 aromatic rings. The average molecular weight is 265 g/mol. The van der Waals surface area contributed by atoms with Crippen molar-refractivity contribution in [2.75, 3.05) is 26.4 Å². The van der Waals surface area contributed by atoms with Crippen molar-refractivity contribution in [2.45, 2.75) is 34.1 Å². The summed E-state index contributed by atoms with van der Waals surface area (Å²) in [5, 5.41) is 0. The van der Waals surface area contributed by atoms with Gasteiger partial charge in [-0.25, -0.2) is 0 Å². The van der Waals surface area contributed by atoms with Gasteiger partial charge in [-0.15, -0.1) is 0 Å². The molecule has 2 N–H and O–H groups in total. The van der Waals surface area contributed by atoms with Crippen LogP contribution >= 0.6 is 0 Å². The van der Waals surface area contributed by atoms with Gasteiger partial charge >= 0.3 is 0 Å². The molecule has 3 nitrogen and oxygen atoms in total. The van der Waals surface area contributed by atoms with Crippen LogP contribution in [-0.2, 0) is 11.2 Å². The first kappa shape index (κ1) is 16.0. The zero-order chi connectivity index (χ0) is 14.3. The molecule has 0 fully saturated rings. The first-order valence-electron chi connectivity index (χ1n) is 7.05. The number of nitrogens with two attached hydrogens (primary N) is 1. The number of aryl methyl sites for hydroxylation is 2. The highest BCUT2D eigenvalue weighted by molar-refractivity contribution is 5.43. The third-order valence-electron chi connectivity index (χ3n) is 2.88. The molecule has 108 valence electrons. The van der Waals surface area contributed by atoms with Crippen LogP contribution in [0.4, 0.5) is 0 Å². The summed E-state index contributed by atoms with van der Waals surface area (Å²) in [6.45, 7) is 11.2. The van der Waals surface area contributed by atoms with Crippen molar-refractivity contribution < 1.29 is 9.47 Å². The van der Waals surface area contributed by atoms with E-state index >= 15 is 0 Å². The molecule has 0 radical (unpaired) electrons. The maximum atomic E-state index is 5.83. The molecule has 0 aromatic heterocycles. The molecule has 1 rings (SSSR count). The quantitative estimate of drug-likeness (QED) is 0.735. The molecule has 3 heteroatoms. The Bertz CT molecular complexity index is 365. The maximum Gasteiger partial charge on any atom is 0.125 e. The number of rotatable bonds is 8. The van der Waals surface area contributed by atoms with E-state index < -0.39 is 0 Å². The standard InChI is InChI=1S/C16H27NO2/c1-12(2)11-18-7-8-19-16-13(3)9-15(5-6-17)10-14(16)4/h9-10,12H,5-8,11,17H2,1-4H3. The second-order valence-corrected chi connectivity index (χ2v) is 5.41. The fourth-order valence-electron chi connectivity index (χ4n) is 2.10. The molecule has 0 aliphatic carbocycles. The fraction of sp³-hybridized carbons (Fsp3) is 0.625. The maximum absolute atomic E-state index is 5.83. The van der Waals surface area contributed by atoms with E-state index in [9.17, 15) is 0 Å². The minimum atomic E-state index is 0.569. The van der Waals surface area contributed by atoms with Gasteiger partial charge in [-0.2, -0.15) is 0 Å². The van der Waals surface area contributed by atoms with Crippen molar-refractivity contribution in [1.29, 1.82) is 0 Å². The van der Waals surface area contributed by atoms with E-state index in [0.717, 1.165) is 18.8 Å². The Hall–Kier alpha value is -1.06. The average Bonchev–Trinajstić information content (AvgIpc) is 2.31. The van der Waals surface area contributed by atoms with Gasteiger partial charge in [0.2, 0.25) is 0 Å². The zero-order valence-electron chi connectivity index (χ0n) is 12.7. The van der Waals surface area contributed by atoms with Crippen LogP contribution in [0.25, 0.3) is 0 Å². The van der Waals surface area contributed by atoms with E-state index in [-0.39, 0.29) is 0 Å². The highest BCUT2D eigenvalue weighted by Gasteiger charge is 2.06. The van der Waals surface area contributed by atoms with E-state index in [2.05, 4.69) is 39.8 Å². The van der Waals surface area contributed by atoms with Gasteiger partial charge < -0.3 is 15.2 Å². The molecule has 0 unspecified atom stereocenters. The Labute approximate surface area is 117 Å². The van der Waals surface area contributed by atoms with Crippen LogP contribution in [0.3, 0.4) is 0 Å². The lowest BCUT2D eigenvalue weighted by atomic mass is 10.0. The van der Waals surface area contributed by atoms with Crippen molar-refractivity contribution >= 4 is 0 Å². The molecule has 0 aliphatic rings. The normalized spacial score (nSPS) is 11.1. The zero-order valence-corrected chi connectivity index (χ0v) is 12.7. The minimum Gasteiger partial charge on any atom is -0.491 e. The molecular weight excluding hydrogens is 238 g/mol. The van der Waals surface area contributed by atoms with Crippen molar-refractivity contribution in [1.82, 2.24) is 0 Å². The topological polar surface area (TPSA) is 44.5 Å². The van der Waals surface area contributed by atoms with Crippen molar-refractivity contribution in [3.8, 4) is 5.75 Å². The Morgan fingerprint density at radius 3 is 2.26 bits per heavy atom. The summed E-state index contributed by atoms with van der Waals surface area (Å²) in [6, 6.07) is 4.31. The molecule has 1 aromatic carbocycles. The van der Waals surface area contributed by atoms with Gasteiger partial charge in [-0.3, -0.25) is 0 Å². The van der Waals surface area contributed by atoms with Gasteiger partial charge in [0.05, 0.1) is 6.61 Å². The summed E-state index contributed by atoms with van der Waals surface area (Å²) in [6.07, 6.45) is 0.916. The summed E-state index contributed by atoms with van der Waals surface area (Å²) in [5.74, 6) is 1.55. The van der Waals surface area contributed by atoms with Crippen LogP contribution in [-0.4, -0.2) is 26.4 Å². The van der Waals surface area contributed by atoms with E-state index in [1.165, 1.54) is 16.7 Å². The van der Waals surface area contributed by atoms with Gasteiger partial charge in [0.25, 0.3) is 0 Å². The Kier molecular flexibility index (Phi) is 6.89. The highest BCUT2D eigenvalue weighted by Crippen LogP contribution is 2.24. The van der Waals surface area contributed by atoms with Crippen LogP contribution in [0.15, 0.2) is 12.1 Å². The lowest BCUT2D eigenvalue weighted by Gasteiger charge is -2.14. The minimum absolute atomic E-state index is 0.569. The first-order valence-corrected chi connectivity index (χ1v) is 7.05. The summed E-state index contributed by atoms with van der Waals surface area (Å²) < 4.78 is 11.3. The highest BCUT2D eigenvalue weighted by atomic mass is 16.5.